The molecule has 2 aromatic rings. The molecule has 1 aromatic carbocycles. The van der Waals surface area contributed by atoms with Crippen LogP contribution in [0.1, 0.15) is 16.5 Å². The van der Waals surface area contributed by atoms with Gasteiger partial charge in [0.1, 0.15) is 0 Å². The van der Waals surface area contributed by atoms with Gasteiger partial charge < -0.3 is 14.8 Å². The molecule has 1 N–H and O–H groups in total. The van der Waals surface area contributed by atoms with Crippen molar-refractivity contribution in [2.45, 2.75) is 6.04 Å². The molecule has 1 fully saturated rings. The van der Waals surface area contributed by atoms with E-state index in [0.29, 0.717) is 6.79 Å². The zero-order valence-electron chi connectivity index (χ0n) is 12.0. The van der Waals surface area contributed by atoms with Crippen LogP contribution in [0.4, 0.5) is 0 Å². The van der Waals surface area contributed by atoms with Gasteiger partial charge in [-0.25, -0.2) is 0 Å². The van der Waals surface area contributed by atoms with Crippen LogP contribution in [-0.2, 0) is 0 Å². The number of halogens is 1. The fourth-order valence-corrected chi connectivity index (χ4v) is 4.64. The molecule has 1 unspecified atom stereocenters. The second-order valence-electron chi connectivity index (χ2n) is 5.44. The monoisotopic (exact) mass is 380 g/mol. The first-order valence-electron chi connectivity index (χ1n) is 7.41. The first-order valence-corrected chi connectivity index (χ1v) is 9.02. The summed E-state index contributed by atoms with van der Waals surface area (Å²) in [6.45, 7) is 4.49. The van der Waals surface area contributed by atoms with Crippen LogP contribution >= 0.6 is 27.3 Å². The molecule has 22 heavy (non-hydrogen) atoms. The van der Waals surface area contributed by atoms with Crippen LogP contribution in [0.5, 0.6) is 11.5 Å². The molecule has 1 atom stereocenters. The molecular formula is C16H17BrN2O2S. The third-order valence-electron chi connectivity index (χ3n) is 4.09. The van der Waals surface area contributed by atoms with E-state index < -0.39 is 0 Å². The molecule has 6 heteroatoms. The summed E-state index contributed by atoms with van der Waals surface area (Å²) in [7, 11) is 0. The van der Waals surface area contributed by atoms with Gasteiger partial charge in [0.25, 0.3) is 0 Å². The van der Waals surface area contributed by atoms with Crippen molar-refractivity contribution < 1.29 is 9.47 Å². The summed E-state index contributed by atoms with van der Waals surface area (Å²) in [6.07, 6.45) is 0. The van der Waals surface area contributed by atoms with Gasteiger partial charge in [-0.1, -0.05) is 6.07 Å². The molecule has 0 saturated carbocycles. The van der Waals surface area contributed by atoms with Crippen LogP contribution in [0.25, 0.3) is 0 Å². The molecule has 0 amide bonds. The molecule has 4 nitrogen and oxygen atoms in total. The fourth-order valence-electron chi connectivity index (χ4n) is 3.05. The van der Waals surface area contributed by atoms with E-state index in [-0.39, 0.29) is 6.04 Å². The molecular weight excluding hydrogens is 364 g/mol. The lowest BCUT2D eigenvalue weighted by molar-refractivity contribution is 0.173. The molecule has 2 aliphatic heterocycles. The first kappa shape index (κ1) is 14.5. The highest BCUT2D eigenvalue weighted by Gasteiger charge is 2.27. The summed E-state index contributed by atoms with van der Waals surface area (Å²) in [5, 5.41) is 3.43. The lowest BCUT2D eigenvalue weighted by Crippen LogP contribution is -2.45. The number of piperazine rings is 1. The molecule has 2 aliphatic rings. The Kier molecular flexibility index (Phi) is 4.09. The van der Waals surface area contributed by atoms with Crippen molar-refractivity contribution in [3.63, 3.8) is 0 Å². The number of benzene rings is 1. The Balaban J connectivity index is 1.72. The molecule has 116 valence electrons. The number of nitrogens with one attached hydrogen (secondary N) is 1. The van der Waals surface area contributed by atoms with Crippen molar-refractivity contribution in [2.24, 2.45) is 0 Å². The van der Waals surface area contributed by atoms with Crippen molar-refractivity contribution in [1.29, 1.82) is 0 Å². The molecule has 3 heterocycles. The standard InChI is InChI=1S/C16H17BrN2O2S/c17-15-4-3-14(22-15)16(19-7-5-18-6-8-19)11-1-2-12-13(9-11)21-10-20-12/h1-4,9,16,18H,5-8,10H2. The number of ether oxygens (including phenoxy) is 2. The molecule has 1 saturated heterocycles. The largest absolute Gasteiger partial charge is 0.454 e. The number of nitrogens with zero attached hydrogens (tertiary/aromatic N) is 1. The van der Waals surface area contributed by atoms with E-state index in [4.69, 9.17) is 9.47 Å². The van der Waals surface area contributed by atoms with Crippen molar-refractivity contribution in [2.75, 3.05) is 33.0 Å². The van der Waals surface area contributed by atoms with E-state index in [1.807, 2.05) is 6.07 Å². The Morgan fingerprint density at radius 3 is 2.68 bits per heavy atom. The Morgan fingerprint density at radius 2 is 1.91 bits per heavy atom. The molecule has 0 spiro atoms. The minimum absolute atomic E-state index is 0.271. The molecule has 0 radical (unpaired) electrons. The van der Waals surface area contributed by atoms with Gasteiger partial charge in [0.2, 0.25) is 6.79 Å². The van der Waals surface area contributed by atoms with E-state index in [1.54, 1.807) is 11.3 Å². The molecule has 4 rings (SSSR count). The summed E-state index contributed by atoms with van der Waals surface area (Å²) in [6, 6.07) is 10.9. The zero-order chi connectivity index (χ0) is 14.9. The Morgan fingerprint density at radius 1 is 1.09 bits per heavy atom. The highest BCUT2D eigenvalue weighted by Crippen LogP contribution is 2.40. The Bertz CT molecular complexity index is 670. The van der Waals surface area contributed by atoms with E-state index in [0.717, 1.165) is 37.7 Å². The Hall–Kier alpha value is -1.08. The van der Waals surface area contributed by atoms with Gasteiger partial charge in [-0.15, -0.1) is 11.3 Å². The second-order valence-corrected chi connectivity index (χ2v) is 7.94. The third kappa shape index (κ3) is 2.76. The quantitative estimate of drug-likeness (QED) is 0.885. The van der Waals surface area contributed by atoms with Gasteiger partial charge in [-0.05, 0) is 45.8 Å². The fraction of sp³-hybridized carbons (Fsp3) is 0.375. The van der Waals surface area contributed by atoms with E-state index in [1.165, 1.54) is 14.2 Å². The summed E-state index contributed by atoms with van der Waals surface area (Å²) < 4.78 is 12.2. The van der Waals surface area contributed by atoms with Crippen LogP contribution in [0.3, 0.4) is 0 Å². The lowest BCUT2D eigenvalue weighted by atomic mass is 10.0. The minimum Gasteiger partial charge on any atom is -0.454 e. The first-order chi connectivity index (χ1) is 10.8. The van der Waals surface area contributed by atoms with Gasteiger partial charge in [0, 0.05) is 31.1 Å². The van der Waals surface area contributed by atoms with E-state index in [9.17, 15) is 0 Å². The number of fused-ring (bicyclic) bond motifs is 1. The number of hydrogen-bond donors (Lipinski definition) is 1. The Labute approximate surface area is 142 Å². The maximum atomic E-state index is 5.56. The van der Waals surface area contributed by atoms with Crippen LogP contribution in [0.2, 0.25) is 0 Å². The van der Waals surface area contributed by atoms with E-state index >= 15 is 0 Å². The van der Waals surface area contributed by atoms with Crippen molar-refractivity contribution in [3.05, 3.63) is 44.6 Å². The zero-order valence-corrected chi connectivity index (χ0v) is 14.5. The summed E-state index contributed by atoms with van der Waals surface area (Å²) in [5.41, 5.74) is 1.26. The predicted octanol–water partition coefficient (Wildman–Crippen LogP) is 3.23. The van der Waals surface area contributed by atoms with Crippen molar-refractivity contribution in [1.82, 2.24) is 10.2 Å². The molecule has 1 aromatic heterocycles. The van der Waals surface area contributed by atoms with E-state index in [2.05, 4.69) is 50.4 Å². The van der Waals surface area contributed by atoms with Crippen LogP contribution in [0.15, 0.2) is 34.1 Å². The number of hydrogen-bond acceptors (Lipinski definition) is 5. The highest BCUT2D eigenvalue weighted by atomic mass is 79.9. The summed E-state index contributed by atoms with van der Waals surface area (Å²) in [5.74, 6) is 1.70. The second kappa shape index (κ2) is 6.20. The summed E-state index contributed by atoms with van der Waals surface area (Å²) >= 11 is 5.39. The number of rotatable bonds is 3. The van der Waals surface area contributed by atoms with Gasteiger partial charge in [-0.2, -0.15) is 0 Å². The average molecular weight is 381 g/mol. The minimum atomic E-state index is 0.271. The van der Waals surface area contributed by atoms with Crippen molar-refractivity contribution in [3.8, 4) is 11.5 Å². The smallest absolute Gasteiger partial charge is 0.231 e. The van der Waals surface area contributed by atoms with Crippen LogP contribution in [-0.4, -0.2) is 37.9 Å². The van der Waals surface area contributed by atoms with Crippen molar-refractivity contribution >= 4 is 27.3 Å². The molecule has 0 aliphatic carbocycles. The topological polar surface area (TPSA) is 33.7 Å². The number of thiophene rings is 1. The van der Waals surface area contributed by atoms with Gasteiger partial charge in [0.05, 0.1) is 9.83 Å². The van der Waals surface area contributed by atoms with Gasteiger partial charge in [-0.3, -0.25) is 4.90 Å². The lowest BCUT2D eigenvalue weighted by Gasteiger charge is -2.34. The summed E-state index contributed by atoms with van der Waals surface area (Å²) in [4.78, 5) is 3.89. The third-order valence-corrected chi connectivity index (χ3v) is 5.77. The SMILES string of the molecule is Brc1ccc(C(c2ccc3c(c2)OCO3)N2CCNCC2)s1. The average Bonchev–Trinajstić information content (AvgIpc) is 3.17. The maximum Gasteiger partial charge on any atom is 0.231 e. The van der Waals surface area contributed by atoms with Gasteiger partial charge in [0.15, 0.2) is 11.5 Å². The maximum absolute atomic E-state index is 5.56. The van der Waals surface area contributed by atoms with Gasteiger partial charge >= 0.3 is 0 Å². The predicted molar refractivity (Wildman–Crippen MR) is 90.9 cm³/mol. The highest BCUT2D eigenvalue weighted by molar-refractivity contribution is 9.11. The molecule has 0 bridgehead atoms. The van der Waals surface area contributed by atoms with Crippen LogP contribution in [0, 0.1) is 0 Å². The van der Waals surface area contributed by atoms with Crippen LogP contribution < -0.4 is 14.8 Å². The normalized spacial score (nSPS) is 19.3.